The Morgan fingerprint density at radius 3 is 2.35 bits per heavy atom. The summed E-state index contributed by atoms with van der Waals surface area (Å²) in [6, 6.07) is 19.8. The Labute approximate surface area is 151 Å². The van der Waals surface area contributed by atoms with Crippen LogP contribution in [0.1, 0.15) is 22.7 Å². The summed E-state index contributed by atoms with van der Waals surface area (Å²) in [5.41, 5.74) is 5.57. The van der Waals surface area contributed by atoms with Crippen LogP contribution in [0.2, 0.25) is 0 Å². The fourth-order valence-corrected chi connectivity index (χ4v) is 3.37. The highest BCUT2D eigenvalue weighted by Crippen LogP contribution is 2.44. The van der Waals surface area contributed by atoms with E-state index in [0.717, 1.165) is 0 Å². The number of pyridine rings is 1. The number of anilines is 1. The first-order valence-corrected chi connectivity index (χ1v) is 8.31. The van der Waals surface area contributed by atoms with Crippen LogP contribution in [-0.4, -0.2) is 17.7 Å². The average molecular weight is 340 g/mol. The van der Waals surface area contributed by atoms with Gasteiger partial charge in [0.25, 0.3) is 0 Å². The van der Waals surface area contributed by atoms with Gasteiger partial charge in [0.05, 0.1) is 5.69 Å². The lowest BCUT2D eigenvalue weighted by Gasteiger charge is -2.14. The molecule has 0 aliphatic heterocycles. The van der Waals surface area contributed by atoms with Crippen molar-refractivity contribution in [1.82, 2.24) is 4.98 Å². The van der Waals surface area contributed by atoms with Crippen LogP contribution in [0.15, 0.2) is 66.9 Å². The Morgan fingerprint density at radius 2 is 1.69 bits per heavy atom. The minimum atomic E-state index is -0.545. The number of carbonyl (C=O) groups excluding carboxylic acids is 1. The van der Waals surface area contributed by atoms with E-state index in [1.54, 1.807) is 18.3 Å². The van der Waals surface area contributed by atoms with E-state index in [0.29, 0.717) is 11.4 Å². The second-order valence-electron chi connectivity index (χ2n) is 5.99. The molecule has 0 saturated carbocycles. The number of carbonyl (C=O) groups is 1. The molecule has 0 spiro atoms. The molecule has 3 aromatic rings. The van der Waals surface area contributed by atoms with Gasteiger partial charge in [0, 0.05) is 12.1 Å². The van der Waals surface area contributed by atoms with E-state index in [9.17, 15) is 4.79 Å². The van der Waals surface area contributed by atoms with Gasteiger partial charge in [-0.05, 0) is 40.3 Å². The fraction of sp³-hybridized carbons (Fsp3) is 0.0909. The van der Waals surface area contributed by atoms with Gasteiger partial charge in [-0.1, -0.05) is 48.5 Å². The normalized spacial score (nSPS) is 12.0. The number of aromatic nitrogens is 1. The molecule has 0 radical (unpaired) electrons. The minimum Gasteiger partial charge on any atom is -0.448 e. The smallest absolute Gasteiger partial charge is 0.411 e. The van der Waals surface area contributed by atoms with E-state index in [1.165, 1.54) is 22.3 Å². The number of ether oxygens (including phenoxy) is 1. The first-order valence-electron chi connectivity index (χ1n) is 8.31. The van der Waals surface area contributed by atoms with Gasteiger partial charge in [-0.25, -0.2) is 9.78 Å². The minimum absolute atomic E-state index is 0.0224. The quantitative estimate of drug-likeness (QED) is 0.718. The molecule has 1 amide bonds. The van der Waals surface area contributed by atoms with Crippen molar-refractivity contribution in [2.75, 3.05) is 11.9 Å². The largest absolute Gasteiger partial charge is 0.448 e. The number of benzene rings is 2. The zero-order chi connectivity index (χ0) is 17.9. The molecule has 1 aromatic heterocycles. The molecular weight excluding hydrogens is 324 g/mol. The summed E-state index contributed by atoms with van der Waals surface area (Å²) >= 11 is 0. The Morgan fingerprint density at radius 1 is 1.04 bits per heavy atom. The van der Waals surface area contributed by atoms with Gasteiger partial charge in [0.15, 0.2) is 0 Å². The van der Waals surface area contributed by atoms with Crippen molar-refractivity contribution in [3.05, 3.63) is 83.7 Å². The van der Waals surface area contributed by atoms with Crippen molar-refractivity contribution >= 4 is 11.8 Å². The SMILES string of the molecule is C#Cc1ncccc1NC(=O)OCC1c2ccccc2-c2ccccc21. The van der Waals surface area contributed by atoms with Crippen LogP contribution in [0, 0.1) is 12.3 Å². The molecule has 0 fully saturated rings. The average Bonchev–Trinajstić information content (AvgIpc) is 3.01. The second-order valence-corrected chi connectivity index (χ2v) is 5.99. The standard InChI is InChI=1S/C22H16N2O2/c1-2-20-21(12-7-13-23-20)24-22(25)26-14-19-17-10-5-3-8-15(17)16-9-4-6-11-18(16)19/h1,3-13,19H,14H2,(H,24,25). The van der Waals surface area contributed by atoms with Gasteiger partial charge >= 0.3 is 6.09 Å². The number of nitrogens with one attached hydrogen (secondary N) is 1. The number of fused-ring (bicyclic) bond motifs is 3. The van der Waals surface area contributed by atoms with Crippen LogP contribution in [0.25, 0.3) is 11.1 Å². The van der Waals surface area contributed by atoms with E-state index >= 15 is 0 Å². The molecule has 0 bridgehead atoms. The summed E-state index contributed by atoms with van der Waals surface area (Å²) in [6.45, 7) is 0.255. The number of hydrogen-bond donors (Lipinski definition) is 1. The maximum absolute atomic E-state index is 12.2. The molecule has 26 heavy (non-hydrogen) atoms. The summed E-state index contributed by atoms with van der Waals surface area (Å²) < 4.78 is 5.50. The molecule has 0 saturated heterocycles. The summed E-state index contributed by atoms with van der Waals surface area (Å²) in [6.07, 6.45) is 6.44. The lowest BCUT2D eigenvalue weighted by molar-refractivity contribution is 0.158. The zero-order valence-electron chi connectivity index (χ0n) is 14.0. The first-order chi connectivity index (χ1) is 12.8. The number of hydrogen-bond acceptors (Lipinski definition) is 3. The van der Waals surface area contributed by atoms with E-state index < -0.39 is 6.09 Å². The molecule has 2 aromatic carbocycles. The van der Waals surface area contributed by atoms with E-state index in [-0.39, 0.29) is 12.5 Å². The van der Waals surface area contributed by atoms with E-state index in [1.807, 2.05) is 24.3 Å². The van der Waals surface area contributed by atoms with Crippen LogP contribution >= 0.6 is 0 Å². The summed E-state index contributed by atoms with van der Waals surface area (Å²) in [5, 5.41) is 2.67. The highest BCUT2D eigenvalue weighted by Gasteiger charge is 2.29. The van der Waals surface area contributed by atoms with Gasteiger partial charge in [-0.2, -0.15) is 0 Å². The molecule has 0 unspecified atom stereocenters. The topological polar surface area (TPSA) is 51.2 Å². The van der Waals surface area contributed by atoms with Crippen LogP contribution in [0.3, 0.4) is 0 Å². The lowest BCUT2D eigenvalue weighted by atomic mass is 9.98. The molecule has 1 aliphatic carbocycles. The Bertz CT molecular complexity index is 975. The third-order valence-electron chi connectivity index (χ3n) is 4.52. The highest BCUT2D eigenvalue weighted by molar-refractivity contribution is 5.86. The molecular formula is C22H16N2O2. The maximum atomic E-state index is 12.2. The van der Waals surface area contributed by atoms with Crippen LogP contribution in [0.5, 0.6) is 0 Å². The molecule has 126 valence electrons. The Kier molecular flexibility index (Phi) is 4.12. The van der Waals surface area contributed by atoms with Gasteiger partial charge in [0.1, 0.15) is 12.3 Å². The second kappa shape index (κ2) is 6.73. The number of nitrogens with zero attached hydrogens (tertiary/aromatic N) is 1. The molecule has 1 N–H and O–H groups in total. The van der Waals surface area contributed by atoms with Crippen LogP contribution in [0.4, 0.5) is 10.5 Å². The highest BCUT2D eigenvalue weighted by atomic mass is 16.5. The third-order valence-corrected chi connectivity index (χ3v) is 4.52. The predicted molar refractivity (Wildman–Crippen MR) is 101 cm³/mol. The summed E-state index contributed by atoms with van der Waals surface area (Å²) in [4.78, 5) is 16.3. The Hall–Kier alpha value is -3.58. The van der Waals surface area contributed by atoms with Gasteiger partial charge in [-0.3, -0.25) is 5.32 Å². The molecule has 4 nitrogen and oxygen atoms in total. The first kappa shape index (κ1) is 15.9. The van der Waals surface area contributed by atoms with Crippen molar-refractivity contribution in [2.45, 2.75) is 5.92 Å². The van der Waals surface area contributed by atoms with Crippen LogP contribution in [-0.2, 0) is 4.74 Å². The molecule has 4 rings (SSSR count). The van der Waals surface area contributed by atoms with Gasteiger partial charge < -0.3 is 4.74 Å². The number of amides is 1. The fourth-order valence-electron chi connectivity index (χ4n) is 3.37. The van der Waals surface area contributed by atoms with Crippen molar-refractivity contribution in [3.8, 4) is 23.5 Å². The maximum Gasteiger partial charge on any atom is 0.411 e. The summed E-state index contributed by atoms with van der Waals surface area (Å²) in [7, 11) is 0. The van der Waals surface area contributed by atoms with Crippen molar-refractivity contribution in [3.63, 3.8) is 0 Å². The predicted octanol–water partition coefficient (Wildman–Crippen LogP) is 4.42. The van der Waals surface area contributed by atoms with Crippen molar-refractivity contribution in [2.24, 2.45) is 0 Å². The van der Waals surface area contributed by atoms with Crippen LogP contribution < -0.4 is 5.32 Å². The van der Waals surface area contributed by atoms with Crippen molar-refractivity contribution < 1.29 is 9.53 Å². The van der Waals surface area contributed by atoms with Gasteiger partial charge in [0.2, 0.25) is 0 Å². The number of rotatable bonds is 3. The van der Waals surface area contributed by atoms with E-state index in [2.05, 4.69) is 40.5 Å². The zero-order valence-corrected chi connectivity index (χ0v) is 14.0. The van der Waals surface area contributed by atoms with Crippen molar-refractivity contribution in [1.29, 1.82) is 0 Å². The molecule has 0 atom stereocenters. The molecule has 1 heterocycles. The molecule has 1 aliphatic rings. The summed E-state index contributed by atoms with van der Waals surface area (Å²) in [5.74, 6) is 2.47. The Balaban J connectivity index is 1.52. The van der Waals surface area contributed by atoms with Gasteiger partial charge in [-0.15, -0.1) is 6.42 Å². The lowest BCUT2D eigenvalue weighted by Crippen LogP contribution is -2.18. The third kappa shape index (κ3) is 2.80. The molecule has 4 heteroatoms. The van der Waals surface area contributed by atoms with E-state index in [4.69, 9.17) is 11.2 Å². The monoisotopic (exact) mass is 340 g/mol. The number of terminal acetylenes is 1.